The minimum Gasteiger partial charge on any atom is -0.463 e. The van der Waals surface area contributed by atoms with Gasteiger partial charge < -0.3 is 9.47 Å². The fraction of sp³-hybridized carbons (Fsp3) is 0.667. The van der Waals surface area contributed by atoms with Crippen LogP contribution in [-0.4, -0.2) is 25.2 Å². The van der Waals surface area contributed by atoms with Crippen LogP contribution < -0.4 is 0 Å². The average molecular weight is 146 g/mol. The van der Waals surface area contributed by atoms with Gasteiger partial charge in [-0.3, -0.25) is 4.79 Å². The van der Waals surface area contributed by atoms with E-state index in [0.29, 0.717) is 6.61 Å². The van der Waals surface area contributed by atoms with Gasteiger partial charge >= 0.3 is 5.97 Å². The molecule has 0 radical (unpaired) electrons. The highest BCUT2D eigenvalue weighted by atomic mass is 16.6. The van der Waals surface area contributed by atoms with Crippen LogP contribution in [0, 0.1) is 0 Å². The van der Waals surface area contributed by atoms with E-state index in [-0.39, 0.29) is 6.47 Å². The van der Waals surface area contributed by atoms with Crippen molar-refractivity contribution in [1.82, 2.24) is 0 Å². The molecular formula is C6H10O4. The van der Waals surface area contributed by atoms with E-state index in [1.807, 2.05) is 0 Å². The van der Waals surface area contributed by atoms with E-state index in [9.17, 15) is 9.59 Å². The summed E-state index contributed by atoms with van der Waals surface area (Å²) in [6.45, 7) is 3.66. The van der Waals surface area contributed by atoms with E-state index in [1.54, 1.807) is 6.92 Å². The van der Waals surface area contributed by atoms with Crippen LogP contribution in [0.4, 0.5) is 0 Å². The van der Waals surface area contributed by atoms with Crippen LogP contribution in [0.5, 0.6) is 0 Å². The topological polar surface area (TPSA) is 52.6 Å². The zero-order valence-electron chi connectivity index (χ0n) is 5.99. The molecule has 0 amide bonds. The Labute approximate surface area is 59.1 Å². The fourth-order valence-electron chi connectivity index (χ4n) is 0.399. The van der Waals surface area contributed by atoms with Gasteiger partial charge in [-0.15, -0.1) is 0 Å². The van der Waals surface area contributed by atoms with Gasteiger partial charge in [0, 0.05) is 0 Å². The molecule has 4 nitrogen and oxygen atoms in total. The van der Waals surface area contributed by atoms with Crippen molar-refractivity contribution in [3.8, 4) is 0 Å². The lowest BCUT2D eigenvalue weighted by Crippen LogP contribution is -2.22. The van der Waals surface area contributed by atoms with Gasteiger partial charge in [-0.2, -0.15) is 0 Å². The number of hydrogen-bond donors (Lipinski definition) is 0. The Morgan fingerprint density at radius 3 is 2.70 bits per heavy atom. The molecule has 0 aliphatic rings. The molecule has 0 rings (SSSR count). The quantitative estimate of drug-likeness (QED) is 0.417. The van der Waals surface area contributed by atoms with E-state index in [4.69, 9.17) is 0 Å². The number of carbonyl (C=O) groups is 2. The molecule has 1 atom stereocenters. The van der Waals surface area contributed by atoms with Crippen molar-refractivity contribution in [3.05, 3.63) is 0 Å². The maximum Gasteiger partial charge on any atom is 0.347 e. The van der Waals surface area contributed by atoms with E-state index < -0.39 is 12.1 Å². The van der Waals surface area contributed by atoms with Gasteiger partial charge in [0.2, 0.25) is 0 Å². The van der Waals surface area contributed by atoms with Crippen molar-refractivity contribution < 1.29 is 19.1 Å². The number of ether oxygens (including phenoxy) is 2. The molecule has 0 fully saturated rings. The highest BCUT2D eigenvalue weighted by Gasteiger charge is 2.13. The third kappa shape index (κ3) is 3.06. The molecule has 0 aliphatic heterocycles. The van der Waals surface area contributed by atoms with Gasteiger partial charge in [0.15, 0.2) is 6.10 Å². The summed E-state index contributed by atoms with van der Waals surface area (Å²) in [5.41, 5.74) is 0. The largest absolute Gasteiger partial charge is 0.463 e. The fourth-order valence-corrected chi connectivity index (χ4v) is 0.399. The molecule has 0 aromatic rings. The Kier molecular flexibility index (Phi) is 4.28. The molecule has 0 heterocycles. The Morgan fingerprint density at radius 2 is 2.30 bits per heavy atom. The van der Waals surface area contributed by atoms with Gasteiger partial charge in [-0.1, -0.05) is 0 Å². The normalized spacial score (nSPS) is 11.8. The number of carbonyl (C=O) groups excluding carboxylic acids is 2. The first-order valence-corrected chi connectivity index (χ1v) is 2.98. The zero-order chi connectivity index (χ0) is 7.98. The maximum atomic E-state index is 10.6. The monoisotopic (exact) mass is 146 g/mol. The van der Waals surface area contributed by atoms with Crippen molar-refractivity contribution in [1.29, 1.82) is 0 Å². The molecule has 0 spiro atoms. The van der Waals surface area contributed by atoms with E-state index in [0.717, 1.165) is 0 Å². The second-order valence-electron chi connectivity index (χ2n) is 1.63. The molecule has 0 saturated heterocycles. The van der Waals surface area contributed by atoms with Crippen molar-refractivity contribution in [2.75, 3.05) is 6.61 Å². The molecule has 0 aromatic heterocycles. The number of rotatable bonds is 4. The predicted molar refractivity (Wildman–Crippen MR) is 33.2 cm³/mol. The summed E-state index contributed by atoms with van der Waals surface area (Å²) in [6.07, 6.45) is -0.794. The Hall–Kier alpha value is -1.06. The average Bonchev–Trinajstić information content (AvgIpc) is 1.89. The van der Waals surface area contributed by atoms with Crippen LogP contribution in [0.3, 0.4) is 0 Å². The SMILES string of the molecule is CCOC(=O)[C@H](C)OC=O. The van der Waals surface area contributed by atoms with Gasteiger partial charge in [-0.25, -0.2) is 4.79 Å². The molecule has 58 valence electrons. The molecule has 0 saturated carbocycles. The summed E-state index contributed by atoms with van der Waals surface area (Å²) in [6, 6.07) is 0. The van der Waals surface area contributed by atoms with Crippen molar-refractivity contribution in [2.45, 2.75) is 20.0 Å². The molecule has 0 aromatic carbocycles. The van der Waals surface area contributed by atoms with Gasteiger partial charge in [0.25, 0.3) is 6.47 Å². The Balaban J connectivity index is 3.58. The minimum atomic E-state index is -0.794. The maximum absolute atomic E-state index is 10.6. The Bertz CT molecular complexity index is 121. The van der Waals surface area contributed by atoms with Crippen LogP contribution in [-0.2, 0) is 19.1 Å². The number of hydrogen-bond acceptors (Lipinski definition) is 4. The first kappa shape index (κ1) is 8.94. The summed E-state index contributed by atoms with van der Waals surface area (Å²) in [7, 11) is 0. The summed E-state index contributed by atoms with van der Waals surface area (Å²) in [4.78, 5) is 20.3. The van der Waals surface area contributed by atoms with E-state index >= 15 is 0 Å². The zero-order valence-corrected chi connectivity index (χ0v) is 5.99. The van der Waals surface area contributed by atoms with E-state index in [1.165, 1.54) is 6.92 Å². The number of esters is 1. The first-order valence-electron chi connectivity index (χ1n) is 2.98. The standard InChI is InChI=1S/C6H10O4/c1-3-9-6(8)5(2)10-4-7/h4-5H,3H2,1-2H3/t5-/m0/s1. The second kappa shape index (κ2) is 4.78. The van der Waals surface area contributed by atoms with Gasteiger partial charge in [-0.05, 0) is 13.8 Å². The van der Waals surface area contributed by atoms with E-state index in [2.05, 4.69) is 9.47 Å². The lowest BCUT2D eigenvalue weighted by molar-refractivity contribution is -0.159. The van der Waals surface area contributed by atoms with Gasteiger partial charge in [0.05, 0.1) is 6.61 Å². The lowest BCUT2D eigenvalue weighted by Gasteiger charge is -2.06. The van der Waals surface area contributed by atoms with Crippen molar-refractivity contribution >= 4 is 12.4 Å². The molecule has 0 bridgehead atoms. The first-order chi connectivity index (χ1) is 4.72. The molecular weight excluding hydrogens is 136 g/mol. The molecule has 4 heteroatoms. The lowest BCUT2D eigenvalue weighted by atomic mass is 10.4. The molecule has 10 heavy (non-hydrogen) atoms. The summed E-state index contributed by atoms with van der Waals surface area (Å²) in [5, 5.41) is 0. The van der Waals surface area contributed by atoms with Crippen molar-refractivity contribution in [2.24, 2.45) is 0 Å². The second-order valence-corrected chi connectivity index (χ2v) is 1.63. The highest BCUT2D eigenvalue weighted by Crippen LogP contribution is 1.91. The minimum absolute atomic E-state index is 0.224. The Morgan fingerprint density at radius 1 is 1.70 bits per heavy atom. The van der Waals surface area contributed by atoms with Crippen LogP contribution >= 0.6 is 0 Å². The predicted octanol–water partition coefficient (Wildman–Crippen LogP) is 0.111. The van der Waals surface area contributed by atoms with Crippen LogP contribution in [0.15, 0.2) is 0 Å². The van der Waals surface area contributed by atoms with Crippen LogP contribution in [0.25, 0.3) is 0 Å². The smallest absolute Gasteiger partial charge is 0.347 e. The highest BCUT2D eigenvalue weighted by molar-refractivity contribution is 5.75. The summed E-state index contributed by atoms with van der Waals surface area (Å²) >= 11 is 0. The third-order valence-electron chi connectivity index (χ3n) is 0.878. The summed E-state index contributed by atoms with van der Waals surface area (Å²) < 4.78 is 8.83. The molecule has 0 aliphatic carbocycles. The van der Waals surface area contributed by atoms with Gasteiger partial charge in [0.1, 0.15) is 0 Å². The molecule has 0 N–H and O–H groups in total. The third-order valence-corrected chi connectivity index (χ3v) is 0.878. The van der Waals surface area contributed by atoms with Crippen molar-refractivity contribution in [3.63, 3.8) is 0 Å². The summed E-state index contributed by atoms with van der Waals surface area (Å²) in [5.74, 6) is -0.519. The van der Waals surface area contributed by atoms with Crippen LogP contribution in [0.2, 0.25) is 0 Å². The molecule has 0 unspecified atom stereocenters. The van der Waals surface area contributed by atoms with Crippen LogP contribution in [0.1, 0.15) is 13.8 Å².